The standard InChI is InChI=1S/C42H36N10O7S4/c53-32(23-10-1-2-11-23)25-17-21-43-22-27(25)47-39(57)51-41-48-30(37(62-41)60-28-15-5-7-18-44-28)35(55)59-36(56)31-38(61-29-16-6-8-19-45-29)63-42(49-31)52-40(58)50-34-26(14-9-20-46-34)33(54)24-12-3-4-13-24/h5-9,14-24H,1-4,10-13H2,(H2,47,48,51,57)(H2,46,49,50,52,58). The molecule has 63 heavy (non-hydrogen) atoms. The number of nitrogens with one attached hydrogen (secondary N) is 4. The topological polar surface area (TPSA) is 237 Å². The molecule has 0 spiro atoms. The van der Waals surface area contributed by atoms with Gasteiger partial charge in [0.15, 0.2) is 33.2 Å². The van der Waals surface area contributed by atoms with Gasteiger partial charge in [-0.3, -0.25) is 30.5 Å². The second kappa shape index (κ2) is 20.2. The van der Waals surface area contributed by atoms with E-state index in [2.05, 4.69) is 51.2 Å². The summed E-state index contributed by atoms with van der Waals surface area (Å²) < 4.78 is 5.88. The highest BCUT2D eigenvalue weighted by Crippen LogP contribution is 2.40. The molecule has 6 heterocycles. The molecule has 2 aliphatic rings. The van der Waals surface area contributed by atoms with E-state index < -0.39 is 24.0 Å². The summed E-state index contributed by atoms with van der Waals surface area (Å²) in [6, 6.07) is 13.7. The lowest BCUT2D eigenvalue weighted by atomic mass is 9.96. The third kappa shape index (κ3) is 10.8. The van der Waals surface area contributed by atoms with Gasteiger partial charge in [0, 0.05) is 42.2 Å². The van der Waals surface area contributed by atoms with Crippen LogP contribution in [0.1, 0.15) is 93.1 Å². The summed E-state index contributed by atoms with van der Waals surface area (Å²) in [5.41, 5.74) is 0.281. The van der Waals surface area contributed by atoms with Crippen molar-refractivity contribution in [1.82, 2.24) is 29.9 Å². The number of ether oxygens (including phenoxy) is 1. The first-order valence-electron chi connectivity index (χ1n) is 19.8. The number of hydrogen-bond donors (Lipinski definition) is 4. The summed E-state index contributed by atoms with van der Waals surface area (Å²) in [5, 5.41) is 11.5. The Balaban J connectivity index is 1.01. The highest BCUT2D eigenvalue weighted by Gasteiger charge is 2.31. The van der Waals surface area contributed by atoms with Crippen LogP contribution in [0.4, 0.5) is 31.4 Å². The molecule has 0 saturated heterocycles. The van der Waals surface area contributed by atoms with E-state index in [4.69, 9.17) is 4.74 Å². The van der Waals surface area contributed by atoms with Gasteiger partial charge in [-0.2, -0.15) is 0 Å². The first kappa shape index (κ1) is 43.2. The predicted octanol–water partition coefficient (Wildman–Crippen LogP) is 9.51. The normalized spacial score (nSPS) is 13.9. The number of urea groups is 2. The fourth-order valence-electron chi connectivity index (χ4n) is 7.02. The molecule has 4 amide bonds. The van der Waals surface area contributed by atoms with Gasteiger partial charge in [-0.05, 0) is 68.1 Å². The van der Waals surface area contributed by atoms with E-state index in [0.717, 1.165) is 97.6 Å². The number of Topliss-reactive ketones (excluding diaryl/α,β-unsaturated/α-hetero) is 2. The monoisotopic (exact) mass is 920 g/mol. The van der Waals surface area contributed by atoms with Gasteiger partial charge in [-0.15, -0.1) is 0 Å². The number of aromatic nitrogens is 6. The Bertz CT molecular complexity index is 2490. The quantitative estimate of drug-likeness (QED) is 0.0452. The minimum Gasteiger partial charge on any atom is -0.383 e. The van der Waals surface area contributed by atoms with Crippen LogP contribution in [0.25, 0.3) is 0 Å². The first-order chi connectivity index (χ1) is 30.7. The third-order valence-electron chi connectivity index (χ3n) is 9.97. The van der Waals surface area contributed by atoms with Crippen LogP contribution in [0.3, 0.4) is 0 Å². The van der Waals surface area contributed by atoms with Gasteiger partial charge < -0.3 is 10.1 Å². The lowest BCUT2D eigenvalue weighted by Crippen LogP contribution is -2.23. The van der Waals surface area contributed by atoms with E-state index >= 15 is 0 Å². The summed E-state index contributed by atoms with van der Waals surface area (Å²) in [7, 11) is 0. The van der Waals surface area contributed by atoms with Crippen LogP contribution in [-0.2, 0) is 4.74 Å². The minimum absolute atomic E-state index is 0.0172. The molecular weight excluding hydrogens is 885 g/mol. The van der Waals surface area contributed by atoms with Crippen molar-refractivity contribution in [1.29, 1.82) is 0 Å². The van der Waals surface area contributed by atoms with Gasteiger partial charge in [0.05, 0.1) is 17.4 Å². The van der Waals surface area contributed by atoms with Crippen molar-refractivity contribution in [3.63, 3.8) is 0 Å². The van der Waals surface area contributed by atoms with Gasteiger partial charge in [0.2, 0.25) is 0 Å². The summed E-state index contributed by atoms with van der Waals surface area (Å²) in [5.74, 6) is -2.64. The van der Waals surface area contributed by atoms with Crippen LogP contribution < -0.4 is 21.3 Å². The molecule has 2 saturated carbocycles. The molecule has 0 bridgehead atoms. The molecule has 0 aliphatic heterocycles. The Labute approximate surface area is 376 Å². The number of ketones is 2. The summed E-state index contributed by atoms with van der Waals surface area (Å²) in [4.78, 5) is 106. The average Bonchev–Trinajstić information content (AvgIpc) is 4.14. The number of amides is 4. The van der Waals surface area contributed by atoms with E-state index in [9.17, 15) is 28.8 Å². The fraction of sp³-hybridized carbons (Fsp3) is 0.238. The maximum atomic E-state index is 13.9. The fourth-order valence-corrected chi connectivity index (χ4v) is 11.1. The second-order valence-corrected chi connectivity index (χ2v) is 18.8. The maximum Gasteiger partial charge on any atom is 0.367 e. The third-order valence-corrected chi connectivity index (χ3v) is 14.2. The Hall–Kier alpha value is -6.42. The smallest absolute Gasteiger partial charge is 0.367 e. The van der Waals surface area contributed by atoms with Crippen molar-refractivity contribution >= 4 is 104 Å². The number of carbonyl (C=O) groups excluding carboxylic acids is 6. The van der Waals surface area contributed by atoms with E-state index in [1.165, 1.54) is 18.6 Å². The molecule has 320 valence electrons. The lowest BCUT2D eigenvalue weighted by Gasteiger charge is -2.13. The van der Waals surface area contributed by atoms with Crippen LogP contribution in [0.5, 0.6) is 0 Å². The van der Waals surface area contributed by atoms with Gasteiger partial charge >= 0.3 is 24.0 Å². The highest BCUT2D eigenvalue weighted by molar-refractivity contribution is 8.01. The molecule has 0 aromatic carbocycles. The van der Waals surface area contributed by atoms with Gasteiger partial charge in [-0.1, -0.05) is 84.0 Å². The van der Waals surface area contributed by atoms with Crippen LogP contribution >= 0.6 is 46.2 Å². The molecule has 0 radical (unpaired) electrons. The lowest BCUT2D eigenvalue weighted by molar-refractivity contribution is 0.0385. The maximum absolute atomic E-state index is 13.9. The van der Waals surface area contributed by atoms with E-state index in [0.29, 0.717) is 21.2 Å². The molecule has 8 rings (SSSR count). The summed E-state index contributed by atoms with van der Waals surface area (Å²) in [6.45, 7) is 0. The molecule has 17 nitrogen and oxygen atoms in total. The van der Waals surface area contributed by atoms with E-state index in [1.54, 1.807) is 67.0 Å². The molecule has 0 atom stereocenters. The van der Waals surface area contributed by atoms with Gasteiger partial charge in [0.25, 0.3) is 0 Å². The molecule has 4 N–H and O–H groups in total. The van der Waals surface area contributed by atoms with E-state index in [1.807, 2.05) is 0 Å². The number of rotatable bonds is 14. The van der Waals surface area contributed by atoms with Gasteiger partial charge in [0.1, 0.15) is 24.3 Å². The molecule has 2 aliphatic carbocycles. The molecule has 21 heteroatoms. The number of pyridine rings is 4. The zero-order valence-electron chi connectivity index (χ0n) is 33.1. The van der Waals surface area contributed by atoms with Crippen molar-refractivity contribution in [2.75, 3.05) is 21.3 Å². The Morgan fingerprint density at radius 1 is 0.571 bits per heavy atom. The number of anilines is 4. The second-order valence-electron chi connectivity index (χ2n) is 14.2. The summed E-state index contributed by atoms with van der Waals surface area (Å²) in [6.07, 6.45) is 14.5. The minimum atomic E-state index is -1.15. The van der Waals surface area contributed by atoms with Crippen molar-refractivity contribution in [2.45, 2.75) is 69.8 Å². The molecule has 0 unspecified atom stereocenters. The molecule has 6 aromatic heterocycles. The van der Waals surface area contributed by atoms with Gasteiger partial charge in [-0.25, -0.2) is 44.1 Å². The van der Waals surface area contributed by atoms with Crippen molar-refractivity contribution in [3.8, 4) is 0 Å². The number of thiazole rings is 2. The Morgan fingerprint density at radius 2 is 1.10 bits per heavy atom. The number of carbonyl (C=O) groups is 6. The van der Waals surface area contributed by atoms with Crippen LogP contribution in [-0.4, -0.2) is 65.5 Å². The number of esters is 2. The highest BCUT2D eigenvalue weighted by atomic mass is 32.2. The predicted molar refractivity (Wildman–Crippen MR) is 237 cm³/mol. The number of nitrogens with zero attached hydrogens (tertiary/aromatic N) is 6. The molecule has 2 fully saturated rings. The zero-order chi connectivity index (χ0) is 43.7. The Kier molecular flexibility index (Phi) is 13.8. The first-order valence-corrected chi connectivity index (χ1v) is 23.0. The molecule has 6 aromatic rings. The largest absolute Gasteiger partial charge is 0.383 e. The van der Waals surface area contributed by atoms with Crippen molar-refractivity contribution in [2.24, 2.45) is 11.8 Å². The zero-order valence-corrected chi connectivity index (χ0v) is 36.3. The molecular formula is C42H36N10O7S4. The van der Waals surface area contributed by atoms with E-state index in [-0.39, 0.29) is 65.0 Å². The van der Waals surface area contributed by atoms with Crippen LogP contribution in [0, 0.1) is 11.8 Å². The van der Waals surface area contributed by atoms with Crippen molar-refractivity contribution in [3.05, 3.63) is 108 Å². The summed E-state index contributed by atoms with van der Waals surface area (Å²) >= 11 is 4.00. The number of hydrogen-bond acceptors (Lipinski definition) is 17. The SMILES string of the molecule is O=C(Nc1nc(C(=O)OC(=O)c2nc(NC(=O)Nc3ncccc3C(=O)C3CCCC3)sc2Sc2ccccn2)c(Sc2ccccn2)s1)Nc1cnccc1C(=O)C1CCCC1. The van der Waals surface area contributed by atoms with Crippen LogP contribution in [0.2, 0.25) is 0 Å². The Morgan fingerprint density at radius 3 is 1.63 bits per heavy atom. The van der Waals surface area contributed by atoms with Crippen LogP contribution in [0.15, 0.2) is 104 Å². The average molecular weight is 921 g/mol. The van der Waals surface area contributed by atoms with Crippen molar-refractivity contribution < 1.29 is 33.5 Å².